The highest BCUT2D eigenvalue weighted by Gasteiger charge is 2.22. The molecule has 1 aromatic carbocycles. The van der Waals surface area contributed by atoms with Crippen molar-refractivity contribution < 1.29 is 14.3 Å². The van der Waals surface area contributed by atoms with Gasteiger partial charge in [-0.15, -0.1) is 0 Å². The largest absolute Gasteiger partial charge is 0.465 e. The van der Waals surface area contributed by atoms with Gasteiger partial charge in [0.05, 0.1) is 12.1 Å². The molecule has 0 saturated heterocycles. The summed E-state index contributed by atoms with van der Waals surface area (Å²) in [5, 5.41) is 3.61. The van der Waals surface area contributed by atoms with E-state index in [0.29, 0.717) is 5.82 Å². The van der Waals surface area contributed by atoms with Crippen LogP contribution in [0.4, 0.5) is 5.82 Å². The molecule has 0 aliphatic heterocycles. The van der Waals surface area contributed by atoms with Gasteiger partial charge in [-0.2, -0.15) is 0 Å². The summed E-state index contributed by atoms with van der Waals surface area (Å²) in [5.74, 6) is -1.40. The van der Waals surface area contributed by atoms with E-state index in [9.17, 15) is 9.59 Å². The predicted octanol–water partition coefficient (Wildman–Crippen LogP) is 2.37. The maximum absolute atomic E-state index is 11.9. The minimum absolute atomic E-state index is 0.255. The lowest BCUT2D eigenvalue weighted by Crippen LogP contribution is -2.29. The van der Waals surface area contributed by atoms with Crippen molar-refractivity contribution in [1.29, 1.82) is 0 Å². The average Bonchev–Trinajstić information content (AvgIpc) is 2.46. The lowest BCUT2D eigenvalue weighted by Gasteiger charge is -2.11. The maximum atomic E-state index is 11.9. The number of fused-ring (bicyclic) bond motifs is 1. The fraction of sp³-hybridized carbons (Fsp3) is 0.267. The van der Waals surface area contributed by atoms with Crippen molar-refractivity contribution >= 4 is 28.6 Å². The Labute approximate surface area is 117 Å². The molecule has 5 heteroatoms. The van der Waals surface area contributed by atoms with Crippen LogP contribution in [-0.4, -0.2) is 23.5 Å². The Morgan fingerprint density at radius 3 is 2.75 bits per heavy atom. The van der Waals surface area contributed by atoms with Crippen LogP contribution in [0.5, 0.6) is 0 Å². The second-order valence-electron chi connectivity index (χ2n) is 4.35. The Morgan fingerprint density at radius 2 is 2.00 bits per heavy atom. The molecule has 2 rings (SSSR count). The third-order valence-electron chi connectivity index (χ3n) is 2.88. The quantitative estimate of drug-likeness (QED) is 0.685. The van der Waals surface area contributed by atoms with E-state index in [1.165, 1.54) is 6.92 Å². The summed E-state index contributed by atoms with van der Waals surface area (Å²) >= 11 is 0. The van der Waals surface area contributed by atoms with Gasteiger partial charge in [0.1, 0.15) is 11.7 Å². The van der Waals surface area contributed by atoms with E-state index in [2.05, 4.69) is 10.3 Å². The van der Waals surface area contributed by atoms with Crippen molar-refractivity contribution in [1.82, 2.24) is 4.98 Å². The number of para-hydroxylation sites is 1. The van der Waals surface area contributed by atoms with Crippen LogP contribution >= 0.6 is 0 Å². The van der Waals surface area contributed by atoms with Crippen LogP contribution in [0.3, 0.4) is 0 Å². The van der Waals surface area contributed by atoms with E-state index >= 15 is 0 Å². The zero-order valence-corrected chi connectivity index (χ0v) is 11.4. The van der Waals surface area contributed by atoms with Crippen molar-refractivity contribution in [2.45, 2.75) is 13.8 Å². The number of nitrogens with one attached hydrogen (secondary N) is 1. The van der Waals surface area contributed by atoms with E-state index in [0.717, 1.165) is 10.9 Å². The molecular formula is C15H16N2O3. The molecule has 2 aromatic rings. The monoisotopic (exact) mass is 272 g/mol. The van der Waals surface area contributed by atoms with Gasteiger partial charge in [-0.1, -0.05) is 18.2 Å². The normalized spacial score (nSPS) is 11.9. The predicted molar refractivity (Wildman–Crippen MR) is 76.2 cm³/mol. The van der Waals surface area contributed by atoms with Crippen LogP contribution in [0.15, 0.2) is 36.4 Å². The number of amides is 1. The highest BCUT2D eigenvalue weighted by molar-refractivity contribution is 6.04. The van der Waals surface area contributed by atoms with E-state index in [4.69, 9.17) is 4.74 Å². The lowest BCUT2D eigenvalue weighted by molar-refractivity contribution is -0.150. The van der Waals surface area contributed by atoms with E-state index in [-0.39, 0.29) is 6.61 Å². The lowest BCUT2D eigenvalue weighted by atomic mass is 10.1. The molecule has 0 radical (unpaired) electrons. The first-order valence-corrected chi connectivity index (χ1v) is 6.45. The standard InChI is InChI=1S/C15H16N2O3/c1-3-20-15(19)10(2)14(18)17-13-9-8-11-6-4-5-7-12(11)16-13/h4-10H,3H2,1-2H3,(H,16,17,18). The molecular weight excluding hydrogens is 256 g/mol. The fourth-order valence-electron chi connectivity index (χ4n) is 1.74. The summed E-state index contributed by atoms with van der Waals surface area (Å²) in [6, 6.07) is 11.2. The third-order valence-corrected chi connectivity index (χ3v) is 2.88. The van der Waals surface area contributed by atoms with Gasteiger partial charge in [0.2, 0.25) is 5.91 Å². The van der Waals surface area contributed by atoms with Crippen molar-refractivity contribution in [3.05, 3.63) is 36.4 Å². The molecule has 1 N–H and O–H groups in total. The Bertz CT molecular complexity index is 640. The SMILES string of the molecule is CCOC(=O)C(C)C(=O)Nc1ccc2ccccc2n1. The van der Waals surface area contributed by atoms with Gasteiger partial charge in [0, 0.05) is 5.39 Å². The number of hydrogen-bond acceptors (Lipinski definition) is 4. The molecule has 0 saturated carbocycles. The van der Waals surface area contributed by atoms with Crippen LogP contribution in [-0.2, 0) is 14.3 Å². The van der Waals surface area contributed by atoms with Crippen LogP contribution in [0, 0.1) is 5.92 Å². The van der Waals surface area contributed by atoms with E-state index in [1.54, 1.807) is 13.0 Å². The second-order valence-corrected chi connectivity index (χ2v) is 4.35. The summed E-state index contributed by atoms with van der Waals surface area (Å²) in [4.78, 5) is 27.7. The smallest absolute Gasteiger partial charge is 0.318 e. The Kier molecular flexibility index (Phi) is 4.30. The number of benzene rings is 1. The summed E-state index contributed by atoms with van der Waals surface area (Å²) in [5.41, 5.74) is 0.786. The van der Waals surface area contributed by atoms with Crippen molar-refractivity contribution in [3.63, 3.8) is 0 Å². The van der Waals surface area contributed by atoms with Gasteiger partial charge < -0.3 is 10.1 Å². The molecule has 0 fully saturated rings. The van der Waals surface area contributed by atoms with Gasteiger partial charge in [0.25, 0.3) is 0 Å². The summed E-state index contributed by atoms with van der Waals surface area (Å²) in [6.45, 7) is 3.46. The zero-order chi connectivity index (χ0) is 14.5. The first-order chi connectivity index (χ1) is 9.61. The van der Waals surface area contributed by atoms with E-state index in [1.807, 2.05) is 30.3 Å². The Balaban J connectivity index is 2.11. The fourth-order valence-corrected chi connectivity index (χ4v) is 1.74. The minimum Gasteiger partial charge on any atom is -0.465 e. The molecule has 1 amide bonds. The molecule has 5 nitrogen and oxygen atoms in total. The average molecular weight is 272 g/mol. The summed E-state index contributed by atoms with van der Waals surface area (Å²) in [7, 11) is 0. The van der Waals surface area contributed by atoms with Crippen molar-refractivity contribution in [2.75, 3.05) is 11.9 Å². The first-order valence-electron chi connectivity index (χ1n) is 6.45. The minimum atomic E-state index is -0.858. The highest BCUT2D eigenvalue weighted by atomic mass is 16.5. The van der Waals surface area contributed by atoms with Gasteiger partial charge in [-0.3, -0.25) is 9.59 Å². The number of ether oxygens (including phenoxy) is 1. The summed E-state index contributed by atoms with van der Waals surface area (Å²) in [6.07, 6.45) is 0. The molecule has 1 aromatic heterocycles. The molecule has 1 atom stereocenters. The summed E-state index contributed by atoms with van der Waals surface area (Å²) < 4.78 is 4.81. The van der Waals surface area contributed by atoms with Gasteiger partial charge in [-0.25, -0.2) is 4.98 Å². The number of rotatable bonds is 4. The molecule has 0 aliphatic carbocycles. The first kappa shape index (κ1) is 14.0. The molecule has 0 bridgehead atoms. The number of carbonyl (C=O) groups is 2. The van der Waals surface area contributed by atoms with E-state index < -0.39 is 17.8 Å². The van der Waals surface area contributed by atoms with Crippen molar-refractivity contribution in [3.8, 4) is 0 Å². The number of nitrogens with zero attached hydrogens (tertiary/aromatic N) is 1. The molecule has 0 spiro atoms. The molecule has 20 heavy (non-hydrogen) atoms. The number of hydrogen-bond donors (Lipinski definition) is 1. The van der Waals surface area contributed by atoms with Crippen molar-refractivity contribution in [2.24, 2.45) is 5.92 Å². The molecule has 0 aliphatic rings. The number of anilines is 1. The van der Waals surface area contributed by atoms with Gasteiger partial charge in [0.15, 0.2) is 0 Å². The van der Waals surface area contributed by atoms with Gasteiger partial charge in [-0.05, 0) is 32.0 Å². The zero-order valence-electron chi connectivity index (χ0n) is 11.4. The van der Waals surface area contributed by atoms with Crippen LogP contribution < -0.4 is 5.32 Å². The van der Waals surface area contributed by atoms with Gasteiger partial charge >= 0.3 is 5.97 Å². The highest BCUT2D eigenvalue weighted by Crippen LogP contribution is 2.15. The number of aromatic nitrogens is 1. The number of carbonyl (C=O) groups excluding carboxylic acids is 2. The molecule has 1 unspecified atom stereocenters. The Morgan fingerprint density at radius 1 is 1.25 bits per heavy atom. The number of pyridine rings is 1. The molecule has 104 valence electrons. The van der Waals surface area contributed by atoms with Crippen LogP contribution in [0.2, 0.25) is 0 Å². The second kappa shape index (κ2) is 6.14. The third kappa shape index (κ3) is 3.12. The maximum Gasteiger partial charge on any atom is 0.318 e. The topological polar surface area (TPSA) is 68.3 Å². The number of esters is 1. The van der Waals surface area contributed by atoms with Crippen LogP contribution in [0.25, 0.3) is 10.9 Å². The molecule has 1 heterocycles. The van der Waals surface area contributed by atoms with Crippen LogP contribution in [0.1, 0.15) is 13.8 Å². The Hall–Kier alpha value is -2.43.